The molecule has 2 N–H and O–H groups in total. The van der Waals surface area contributed by atoms with Crippen molar-refractivity contribution in [3.8, 4) is 5.95 Å². The second-order valence-electron chi connectivity index (χ2n) is 5.13. The summed E-state index contributed by atoms with van der Waals surface area (Å²) >= 11 is 5.38. The van der Waals surface area contributed by atoms with Crippen molar-refractivity contribution < 1.29 is 0 Å². The van der Waals surface area contributed by atoms with Crippen molar-refractivity contribution in [1.29, 1.82) is 0 Å². The van der Waals surface area contributed by atoms with Gasteiger partial charge in [-0.05, 0) is 30.5 Å². The first kappa shape index (κ1) is 12.2. The predicted molar refractivity (Wildman–Crippen MR) is 79.1 cm³/mol. The van der Waals surface area contributed by atoms with Gasteiger partial charge in [0.25, 0.3) is 0 Å². The lowest BCUT2D eigenvalue weighted by atomic mass is 10.1. The molecule has 0 bridgehead atoms. The van der Waals surface area contributed by atoms with Gasteiger partial charge in [-0.2, -0.15) is 0 Å². The Bertz CT molecular complexity index is 730. The van der Waals surface area contributed by atoms with Crippen LogP contribution in [0.2, 0.25) is 0 Å². The lowest BCUT2D eigenvalue weighted by molar-refractivity contribution is 0.626. The third-order valence-corrected chi connectivity index (χ3v) is 3.29. The second-order valence-corrected chi connectivity index (χ2v) is 5.55. The molecule has 1 aromatic carbocycles. The van der Waals surface area contributed by atoms with Crippen LogP contribution in [0.25, 0.3) is 17.0 Å². The SMILES string of the molecule is CC(C)Cc1cc(=S)n(-c2nc3ccccc3[nH]2)[nH]1. The molecule has 5 heteroatoms. The van der Waals surface area contributed by atoms with E-state index in [1.165, 1.54) is 0 Å². The van der Waals surface area contributed by atoms with Gasteiger partial charge in [0.05, 0.1) is 11.0 Å². The zero-order valence-electron chi connectivity index (χ0n) is 11.0. The Morgan fingerprint density at radius 2 is 2.11 bits per heavy atom. The summed E-state index contributed by atoms with van der Waals surface area (Å²) in [4.78, 5) is 7.82. The van der Waals surface area contributed by atoms with Gasteiger partial charge in [0, 0.05) is 5.69 Å². The summed E-state index contributed by atoms with van der Waals surface area (Å²) in [5.41, 5.74) is 3.10. The summed E-state index contributed by atoms with van der Waals surface area (Å²) in [6, 6.07) is 9.96. The van der Waals surface area contributed by atoms with Crippen molar-refractivity contribution >= 4 is 23.3 Å². The molecule has 0 fully saturated rings. The number of nitrogens with zero attached hydrogens (tertiary/aromatic N) is 2. The van der Waals surface area contributed by atoms with Gasteiger partial charge in [0.1, 0.15) is 4.64 Å². The molecule has 0 unspecified atom stereocenters. The molecule has 19 heavy (non-hydrogen) atoms. The fourth-order valence-electron chi connectivity index (χ4n) is 2.19. The van der Waals surface area contributed by atoms with E-state index in [4.69, 9.17) is 12.2 Å². The van der Waals surface area contributed by atoms with E-state index in [0.29, 0.717) is 5.92 Å². The Balaban J connectivity index is 2.06. The topological polar surface area (TPSA) is 49.4 Å². The first-order valence-corrected chi connectivity index (χ1v) is 6.80. The van der Waals surface area contributed by atoms with Gasteiger partial charge in [-0.15, -0.1) is 0 Å². The van der Waals surface area contributed by atoms with E-state index in [0.717, 1.165) is 33.7 Å². The normalized spacial score (nSPS) is 11.5. The van der Waals surface area contributed by atoms with E-state index in [9.17, 15) is 0 Å². The summed E-state index contributed by atoms with van der Waals surface area (Å²) in [7, 11) is 0. The summed E-state index contributed by atoms with van der Waals surface area (Å²) in [6.07, 6.45) is 0.983. The molecule has 0 aliphatic rings. The van der Waals surface area contributed by atoms with Crippen LogP contribution in [-0.2, 0) is 6.42 Å². The van der Waals surface area contributed by atoms with Crippen LogP contribution >= 0.6 is 12.2 Å². The Hall–Kier alpha value is -1.88. The van der Waals surface area contributed by atoms with Gasteiger partial charge >= 0.3 is 0 Å². The predicted octanol–water partition coefficient (Wildman–Crippen LogP) is 3.61. The number of benzene rings is 1. The van der Waals surface area contributed by atoms with Gasteiger partial charge in [-0.3, -0.25) is 5.10 Å². The van der Waals surface area contributed by atoms with Crippen molar-refractivity contribution in [3.05, 3.63) is 40.7 Å². The fourth-order valence-corrected chi connectivity index (χ4v) is 2.47. The minimum Gasteiger partial charge on any atom is -0.322 e. The summed E-state index contributed by atoms with van der Waals surface area (Å²) in [5, 5.41) is 3.31. The summed E-state index contributed by atoms with van der Waals surface area (Å²) < 4.78 is 2.57. The molecule has 0 radical (unpaired) electrons. The highest BCUT2D eigenvalue weighted by molar-refractivity contribution is 7.71. The molecule has 2 heterocycles. The minimum absolute atomic E-state index is 0.595. The van der Waals surface area contributed by atoms with Gasteiger partial charge in [-0.25, -0.2) is 9.67 Å². The highest BCUT2D eigenvalue weighted by Gasteiger charge is 2.08. The van der Waals surface area contributed by atoms with E-state index in [2.05, 4.69) is 28.9 Å². The first-order chi connectivity index (χ1) is 9.13. The smallest absolute Gasteiger partial charge is 0.228 e. The first-order valence-electron chi connectivity index (χ1n) is 6.39. The fraction of sp³-hybridized carbons (Fsp3) is 0.286. The third-order valence-electron chi connectivity index (χ3n) is 2.99. The highest BCUT2D eigenvalue weighted by atomic mass is 32.1. The second kappa shape index (κ2) is 4.66. The molecular weight excluding hydrogens is 256 g/mol. The van der Waals surface area contributed by atoms with Gasteiger partial charge in [0.15, 0.2) is 0 Å². The maximum Gasteiger partial charge on any atom is 0.228 e. The Labute approximate surface area is 116 Å². The van der Waals surface area contributed by atoms with Gasteiger partial charge < -0.3 is 4.98 Å². The molecule has 0 saturated carbocycles. The molecular formula is C14H16N4S. The van der Waals surface area contributed by atoms with Crippen molar-refractivity contribution in [2.45, 2.75) is 20.3 Å². The largest absolute Gasteiger partial charge is 0.322 e. The van der Waals surface area contributed by atoms with Crippen LogP contribution in [-0.4, -0.2) is 19.7 Å². The number of imidazole rings is 1. The maximum atomic E-state index is 5.38. The summed E-state index contributed by atoms with van der Waals surface area (Å²) in [6.45, 7) is 4.38. The third kappa shape index (κ3) is 2.33. The standard InChI is InChI=1S/C14H16N4S/c1-9(2)7-10-8-13(19)18(17-10)14-15-11-5-3-4-6-12(11)16-14/h3-6,8-9,17H,7H2,1-2H3,(H,15,16). The van der Waals surface area contributed by atoms with E-state index < -0.39 is 0 Å². The molecule has 3 aromatic rings. The van der Waals surface area contributed by atoms with Crippen LogP contribution < -0.4 is 0 Å². The lowest BCUT2D eigenvalue weighted by Gasteiger charge is -2.01. The summed E-state index contributed by atoms with van der Waals surface area (Å²) in [5.74, 6) is 1.33. The van der Waals surface area contributed by atoms with E-state index in [-0.39, 0.29) is 0 Å². The number of para-hydroxylation sites is 2. The van der Waals surface area contributed by atoms with Crippen LogP contribution in [0, 0.1) is 10.6 Å². The molecule has 0 saturated heterocycles. The molecule has 2 aromatic heterocycles. The molecule has 98 valence electrons. The lowest BCUT2D eigenvalue weighted by Crippen LogP contribution is -2.01. The van der Waals surface area contributed by atoms with Crippen molar-refractivity contribution in [2.24, 2.45) is 5.92 Å². The Kier molecular flexibility index (Phi) is 2.98. The van der Waals surface area contributed by atoms with Crippen LogP contribution in [0.15, 0.2) is 30.3 Å². The quantitative estimate of drug-likeness (QED) is 0.716. The molecule has 0 amide bonds. The molecule has 0 aliphatic carbocycles. The zero-order valence-corrected chi connectivity index (χ0v) is 11.8. The van der Waals surface area contributed by atoms with Crippen LogP contribution in [0.3, 0.4) is 0 Å². The molecule has 0 spiro atoms. The van der Waals surface area contributed by atoms with E-state index in [1.54, 1.807) is 0 Å². The number of H-pyrrole nitrogens is 2. The van der Waals surface area contributed by atoms with Crippen molar-refractivity contribution in [2.75, 3.05) is 0 Å². The number of aromatic nitrogens is 4. The average molecular weight is 272 g/mol. The van der Waals surface area contributed by atoms with Crippen LogP contribution in [0.1, 0.15) is 19.5 Å². The zero-order chi connectivity index (χ0) is 13.4. The number of fused-ring (bicyclic) bond motifs is 1. The molecule has 0 aliphatic heterocycles. The molecule has 3 rings (SSSR count). The van der Waals surface area contributed by atoms with Crippen LogP contribution in [0.5, 0.6) is 0 Å². The number of rotatable bonds is 3. The number of nitrogens with one attached hydrogen (secondary N) is 2. The van der Waals surface area contributed by atoms with Crippen LogP contribution in [0.4, 0.5) is 0 Å². The number of aromatic amines is 2. The Morgan fingerprint density at radius 1 is 1.32 bits per heavy atom. The highest BCUT2D eigenvalue weighted by Crippen LogP contribution is 2.15. The van der Waals surface area contributed by atoms with Gasteiger partial charge in [-0.1, -0.05) is 38.2 Å². The molecule has 4 nitrogen and oxygen atoms in total. The number of hydrogen-bond donors (Lipinski definition) is 2. The van der Waals surface area contributed by atoms with Gasteiger partial charge in [0.2, 0.25) is 5.95 Å². The van der Waals surface area contributed by atoms with Crippen molar-refractivity contribution in [3.63, 3.8) is 0 Å². The van der Waals surface area contributed by atoms with Crippen molar-refractivity contribution in [1.82, 2.24) is 19.7 Å². The monoisotopic (exact) mass is 272 g/mol. The minimum atomic E-state index is 0.595. The Morgan fingerprint density at radius 3 is 2.84 bits per heavy atom. The van der Waals surface area contributed by atoms with E-state index in [1.807, 2.05) is 35.0 Å². The molecule has 0 atom stereocenters. The average Bonchev–Trinajstić information content (AvgIpc) is 2.91. The van der Waals surface area contributed by atoms with E-state index >= 15 is 0 Å². The maximum absolute atomic E-state index is 5.38. The number of hydrogen-bond acceptors (Lipinski definition) is 2.